The maximum absolute atomic E-state index is 12.2. The molecule has 2 aromatic heterocycles. The van der Waals surface area contributed by atoms with E-state index in [2.05, 4.69) is 19.7 Å². The number of hydrogen-bond donors (Lipinski definition) is 1. The summed E-state index contributed by atoms with van der Waals surface area (Å²) in [5, 5.41) is 0. The van der Waals surface area contributed by atoms with Crippen LogP contribution in [0.3, 0.4) is 0 Å². The highest BCUT2D eigenvalue weighted by Gasteiger charge is 2.15. The van der Waals surface area contributed by atoms with Gasteiger partial charge in [-0.3, -0.25) is 0 Å². The number of rotatable bonds is 6. The smallest absolute Gasteiger partial charge is 0.243 e. The second kappa shape index (κ2) is 6.67. The second-order valence-corrected chi connectivity index (χ2v) is 6.57. The van der Waals surface area contributed by atoms with Crippen LogP contribution in [-0.2, 0) is 16.6 Å². The van der Waals surface area contributed by atoms with Gasteiger partial charge in [0, 0.05) is 31.0 Å². The van der Waals surface area contributed by atoms with E-state index < -0.39 is 10.0 Å². The molecule has 118 valence electrons. The van der Waals surface area contributed by atoms with Crippen LogP contribution in [0.15, 0.2) is 66.3 Å². The van der Waals surface area contributed by atoms with E-state index in [-0.39, 0.29) is 11.4 Å². The van der Waals surface area contributed by atoms with E-state index in [0.29, 0.717) is 12.4 Å². The first-order chi connectivity index (χ1) is 11.1. The van der Waals surface area contributed by atoms with Crippen molar-refractivity contribution in [1.29, 1.82) is 0 Å². The van der Waals surface area contributed by atoms with Crippen molar-refractivity contribution in [2.24, 2.45) is 0 Å². The monoisotopic (exact) mass is 329 g/mol. The summed E-state index contributed by atoms with van der Waals surface area (Å²) in [5.41, 5.74) is 0.838. The van der Waals surface area contributed by atoms with Gasteiger partial charge in [0.05, 0.1) is 18.7 Å². The Morgan fingerprint density at radius 1 is 1.09 bits per heavy atom. The summed E-state index contributed by atoms with van der Waals surface area (Å²) in [5.74, 6) is 0.489. The lowest BCUT2D eigenvalue weighted by Crippen LogP contribution is -2.27. The Bertz CT molecular complexity index is 847. The fourth-order valence-corrected chi connectivity index (χ4v) is 2.91. The molecule has 1 N–H and O–H groups in total. The van der Waals surface area contributed by atoms with Gasteiger partial charge in [-0.15, -0.1) is 0 Å². The van der Waals surface area contributed by atoms with Crippen LogP contribution >= 0.6 is 0 Å². The summed E-state index contributed by atoms with van der Waals surface area (Å²) in [6, 6.07) is 9.38. The number of sulfonamides is 1. The minimum atomic E-state index is -3.62. The summed E-state index contributed by atoms with van der Waals surface area (Å²) >= 11 is 0. The molecule has 3 rings (SSSR count). The molecule has 7 nitrogen and oxygen atoms in total. The molecule has 0 saturated carbocycles. The largest absolute Gasteiger partial charge is 0.336 e. The highest BCUT2D eigenvalue weighted by Crippen LogP contribution is 2.14. The van der Waals surface area contributed by atoms with Crippen LogP contribution in [0.25, 0.3) is 11.4 Å². The van der Waals surface area contributed by atoms with Crippen molar-refractivity contribution < 1.29 is 8.42 Å². The van der Waals surface area contributed by atoms with Gasteiger partial charge in [0.2, 0.25) is 10.0 Å². The molecule has 0 radical (unpaired) electrons. The highest BCUT2D eigenvalue weighted by atomic mass is 32.2. The van der Waals surface area contributed by atoms with Crippen LogP contribution in [0, 0.1) is 0 Å². The van der Waals surface area contributed by atoms with Gasteiger partial charge in [0.25, 0.3) is 0 Å². The van der Waals surface area contributed by atoms with Crippen molar-refractivity contribution in [2.45, 2.75) is 11.4 Å². The lowest BCUT2D eigenvalue weighted by atomic mass is 10.2. The lowest BCUT2D eigenvalue weighted by Gasteiger charge is -2.07. The van der Waals surface area contributed by atoms with Crippen molar-refractivity contribution >= 4 is 10.0 Å². The first-order valence-electron chi connectivity index (χ1n) is 6.98. The topological polar surface area (TPSA) is 89.8 Å². The van der Waals surface area contributed by atoms with E-state index in [1.54, 1.807) is 23.3 Å². The quantitative estimate of drug-likeness (QED) is 0.736. The summed E-state index contributed by atoms with van der Waals surface area (Å²) in [7, 11) is -3.62. The van der Waals surface area contributed by atoms with Crippen molar-refractivity contribution in [3.8, 4) is 11.4 Å². The summed E-state index contributed by atoms with van der Waals surface area (Å²) in [6.45, 7) is 0.765. The Morgan fingerprint density at radius 2 is 1.83 bits per heavy atom. The predicted molar refractivity (Wildman–Crippen MR) is 84.9 cm³/mol. The van der Waals surface area contributed by atoms with E-state index in [9.17, 15) is 8.42 Å². The van der Waals surface area contributed by atoms with Gasteiger partial charge in [-0.2, -0.15) is 0 Å². The third kappa shape index (κ3) is 3.79. The SMILES string of the molecule is O=S(=O)(NCCn1ccnc1)c1cnc(-c2ccccc2)nc1. The lowest BCUT2D eigenvalue weighted by molar-refractivity contribution is 0.572. The molecule has 23 heavy (non-hydrogen) atoms. The number of hydrogen-bond acceptors (Lipinski definition) is 5. The van der Waals surface area contributed by atoms with Crippen LogP contribution < -0.4 is 4.72 Å². The van der Waals surface area contributed by atoms with E-state index in [1.807, 2.05) is 30.3 Å². The maximum Gasteiger partial charge on any atom is 0.243 e. The van der Waals surface area contributed by atoms with Crippen molar-refractivity contribution in [2.75, 3.05) is 6.54 Å². The molecular weight excluding hydrogens is 314 g/mol. The van der Waals surface area contributed by atoms with Crippen molar-refractivity contribution in [1.82, 2.24) is 24.2 Å². The number of nitrogens with zero attached hydrogens (tertiary/aromatic N) is 4. The zero-order chi connectivity index (χ0) is 16.1. The third-order valence-electron chi connectivity index (χ3n) is 3.19. The molecular formula is C15H15N5O2S. The summed E-state index contributed by atoms with van der Waals surface area (Å²) in [6.07, 6.45) is 7.67. The van der Waals surface area contributed by atoms with E-state index >= 15 is 0 Å². The van der Waals surface area contributed by atoms with Crippen LogP contribution in [0.1, 0.15) is 0 Å². The first-order valence-corrected chi connectivity index (χ1v) is 8.46. The first kappa shape index (κ1) is 15.3. The fourth-order valence-electron chi connectivity index (χ4n) is 2.00. The molecule has 0 amide bonds. The molecule has 3 aromatic rings. The molecule has 0 fully saturated rings. The van der Waals surface area contributed by atoms with E-state index in [1.165, 1.54) is 12.4 Å². The molecule has 0 saturated heterocycles. The number of imidazole rings is 1. The number of nitrogens with one attached hydrogen (secondary N) is 1. The minimum Gasteiger partial charge on any atom is -0.336 e. The predicted octanol–water partition coefficient (Wildman–Crippen LogP) is 1.32. The maximum atomic E-state index is 12.2. The van der Waals surface area contributed by atoms with Gasteiger partial charge < -0.3 is 4.57 Å². The zero-order valence-corrected chi connectivity index (χ0v) is 13.0. The molecule has 0 bridgehead atoms. The third-order valence-corrected chi connectivity index (χ3v) is 4.61. The average Bonchev–Trinajstić information content (AvgIpc) is 3.09. The molecule has 0 spiro atoms. The minimum absolute atomic E-state index is 0.0443. The van der Waals surface area contributed by atoms with Gasteiger partial charge in [-0.05, 0) is 0 Å². The standard InChI is InChI=1S/C15H15N5O2S/c21-23(22,19-7-9-20-8-6-16-12-20)14-10-17-15(18-11-14)13-4-2-1-3-5-13/h1-6,8,10-12,19H,7,9H2. The number of benzene rings is 1. The zero-order valence-electron chi connectivity index (χ0n) is 12.2. The molecule has 0 aliphatic carbocycles. The Kier molecular flexibility index (Phi) is 4.45. The van der Waals surface area contributed by atoms with Gasteiger partial charge in [-0.1, -0.05) is 30.3 Å². The Labute approximate surface area is 134 Å². The van der Waals surface area contributed by atoms with Crippen molar-refractivity contribution in [3.63, 3.8) is 0 Å². The van der Waals surface area contributed by atoms with Gasteiger partial charge in [0.15, 0.2) is 5.82 Å². The molecule has 0 unspecified atom stereocenters. The molecule has 0 atom stereocenters. The molecule has 0 aliphatic rings. The van der Waals surface area contributed by atoms with Crippen LogP contribution in [0.2, 0.25) is 0 Å². The second-order valence-electron chi connectivity index (χ2n) is 4.81. The normalized spacial score (nSPS) is 11.5. The summed E-state index contributed by atoms with van der Waals surface area (Å²) < 4.78 is 28.7. The highest BCUT2D eigenvalue weighted by molar-refractivity contribution is 7.89. The Morgan fingerprint density at radius 3 is 2.48 bits per heavy atom. The Hall–Kier alpha value is -2.58. The van der Waals surface area contributed by atoms with Crippen LogP contribution in [0.5, 0.6) is 0 Å². The molecule has 1 aromatic carbocycles. The van der Waals surface area contributed by atoms with Gasteiger partial charge in [0.1, 0.15) is 4.90 Å². The molecule has 2 heterocycles. The van der Waals surface area contributed by atoms with Crippen molar-refractivity contribution in [3.05, 3.63) is 61.4 Å². The molecule has 8 heteroatoms. The Balaban J connectivity index is 1.68. The van der Waals surface area contributed by atoms with Crippen LogP contribution in [-0.4, -0.2) is 34.5 Å². The fraction of sp³-hybridized carbons (Fsp3) is 0.133. The van der Waals surface area contributed by atoms with Crippen LogP contribution in [0.4, 0.5) is 0 Å². The van der Waals surface area contributed by atoms with E-state index in [4.69, 9.17) is 0 Å². The van der Waals surface area contributed by atoms with Gasteiger partial charge >= 0.3 is 0 Å². The summed E-state index contributed by atoms with van der Waals surface area (Å²) in [4.78, 5) is 12.2. The average molecular weight is 329 g/mol. The number of aromatic nitrogens is 4. The molecule has 0 aliphatic heterocycles. The van der Waals surface area contributed by atoms with E-state index in [0.717, 1.165) is 5.56 Å². The van der Waals surface area contributed by atoms with Gasteiger partial charge in [-0.25, -0.2) is 28.1 Å².